The second-order valence-corrected chi connectivity index (χ2v) is 5.69. The summed E-state index contributed by atoms with van der Waals surface area (Å²) in [6.45, 7) is 2.26. The Kier molecular flexibility index (Phi) is 6.17. The summed E-state index contributed by atoms with van der Waals surface area (Å²) in [5, 5.41) is 11.7. The van der Waals surface area contributed by atoms with Crippen LogP contribution < -0.4 is 5.32 Å². The Morgan fingerprint density at radius 2 is 2.04 bits per heavy atom. The topological polar surface area (TPSA) is 95.9 Å². The Morgan fingerprint density at radius 1 is 1.33 bits per heavy atom. The summed E-state index contributed by atoms with van der Waals surface area (Å²) in [7, 11) is 0. The van der Waals surface area contributed by atoms with Gasteiger partial charge in [0.25, 0.3) is 0 Å². The number of ether oxygens (including phenoxy) is 1. The molecule has 1 saturated heterocycles. The van der Waals surface area contributed by atoms with Gasteiger partial charge in [-0.15, -0.1) is 0 Å². The van der Waals surface area contributed by atoms with E-state index in [9.17, 15) is 19.5 Å². The highest BCUT2D eigenvalue weighted by atomic mass is 16.5. The number of carbonyl (C=O) groups is 3. The number of carboxylic acids is 1. The van der Waals surface area contributed by atoms with Gasteiger partial charge in [-0.2, -0.15) is 0 Å². The molecule has 130 valence electrons. The number of rotatable bonds is 6. The van der Waals surface area contributed by atoms with E-state index in [1.54, 1.807) is 6.92 Å². The molecule has 0 unspecified atom stereocenters. The second kappa shape index (κ2) is 8.33. The van der Waals surface area contributed by atoms with Crippen LogP contribution in [0.3, 0.4) is 0 Å². The summed E-state index contributed by atoms with van der Waals surface area (Å²) in [6.07, 6.45) is 0.764. The molecule has 1 aliphatic heterocycles. The Hall–Kier alpha value is -2.57. The number of hydrogen-bond donors (Lipinski definition) is 2. The molecule has 1 aromatic carbocycles. The molecule has 7 nitrogen and oxygen atoms in total. The van der Waals surface area contributed by atoms with E-state index in [0.717, 1.165) is 5.56 Å². The maximum Gasteiger partial charge on any atom is 0.408 e. The third kappa shape index (κ3) is 4.47. The van der Waals surface area contributed by atoms with E-state index in [1.165, 1.54) is 4.90 Å². The number of likely N-dealkylation sites (tertiary alicyclic amines) is 1. The molecule has 1 fully saturated rings. The number of alkyl carbamates (subject to hydrolysis) is 1. The van der Waals surface area contributed by atoms with Gasteiger partial charge in [-0.3, -0.25) is 4.79 Å². The lowest BCUT2D eigenvalue weighted by Gasteiger charge is -2.26. The number of nitrogens with one attached hydrogen (secondary N) is 1. The van der Waals surface area contributed by atoms with Crippen LogP contribution in [0.4, 0.5) is 4.79 Å². The standard InChI is InChI=1S/C17H22N2O5/c1-2-13(15(20)19-10-6-9-14(19)16(21)22)18-17(23)24-11-12-7-4-3-5-8-12/h3-5,7-8,13-14H,2,6,9-11H2,1H3,(H,18,23)(H,21,22)/t13-,14-/m0/s1. The van der Waals surface area contributed by atoms with Crippen LogP contribution in [0.25, 0.3) is 0 Å². The van der Waals surface area contributed by atoms with Crippen LogP contribution in [0.5, 0.6) is 0 Å². The van der Waals surface area contributed by atoms with Crippen molar-refractivity contribution in [2.45, 2.75) is 44.9 Å². The first-order valence-electron chi connectivity index (χ1n) is 8.03. The van der Waals surface area contributed by atoms with Crippen LogP contribution in [-0.2, 0) is 20.9 Å². The van der Waals surface area contributed by atoms with Crippen molar-refractivity contribution in [3.8, 4) is 0 Å². The first kappa shape index (κ1) is 17.8. The van der Waals surface area contributed by atoms with E-state index in [2.05, 4.69) is 5.32 Å². The number of carboxylic acid groups (broad SMARTS) is 1. The molecule has 1 heterocycles. The summed E-state index contributed by atoms with van der Waals surface area (Å²) in [6, 6.07) is 7.61. The van der Waals surface area contributed by atoms with Crippen LogP contribution in [0, 0.1) is 0 Å². The Bertz CT molecular complexity index is 590. The summed E-state index contributed by atoms with van der Waals surface area (Å²) >= 11 is 0. The molecule has 0 saturated carbocycles. The molecule has 1 aromatic rings. The molecule has 0 aromatic heterocycles. The fourth-order valence-electron chi connectivity index (χ4n) is 2.73. The van der Waals surface area contributed by atoms with Crippen molar-refractivity contribution in [1.29, 1.82) is 0 Å². The predicted octanol–water partition coefficient (Wildman–Crippen LogP) is 1.77. The number of benzene rings is 1. The zero-order chi connectivity index (χ0) is 17.5. The Labute approximate surface area is 140 Å². The van der Waals surface area contributed by atoms with E-state index in [-0.39, 0.29) is 12.5 Å². The van der Waals surface area contributed by atoms with E-state index >= 15 is 0 Å². The molecule has 0 aliphatic carbocycles. The van der Waals surface area contributed by atoms with E-state index in [0.29, 0.717) is 25.8 Å². The minimum Gasteiger partial charge on any atom is -0.480 e. The molecule has 2 amide bonds. The number of nitrogens with zero attached hydrogens (tertiary/aromatic N) is 1. The average Bonchev–Trinajstić information content (AvgIpc) is 3.08. The molecule has 0 radical (unpaired) electrons. The Morgan fingerprint density at radius 3 is 2.67 bits per heavy atom. The maximum atomic E-state index is 12.5. The molecule has 0 bridgehead atoms. The minimum atomic E-state index is -1.01. The van der Waals surface area contributed by atoms with Gasteiger partial charge >= 0.3 is 12.1 Å². The number of hydrogen-bond acceptors (Lipinski definition) is 4. The van der Waals surface area contributed by atoms with Crippen LogP contribution >= 0.6 is 0 Å². The molecule has 2 N–H and O–H groups in total. The van der Waals surface area contributed by atoms with Gasteiger partial charge in [0.15, 0.2) is 0 Å². The van der Waals surface area contributed by atoms with E-state index in [1.807, 2.05) is 30.3 Å². The van der Waals surface area contributed by atoms with Crippen molar-refractivity contribution in [3.05, 3.63) is 35.9 Å². The van der Waals surface area contributed by atoms with E-state index < -0.39 is 24.1 Å². The predicted molar refractivity (Wildman–Crippen MR) is 86.2 cm³/mol. The summed E-state index contributed by atoms with van der Waals surface area (Å²) in [5.41, 5.74) is 0.845. The lowest BCUT2D eigenvalue weighted by atomic mass is 10.1. The van der Waals surface area contributed by atoms with Crippen LogP contribution in [-0.4, -0.2) is 46.6 Å². The Balaban J connectivity index is 1.89. The van der Waals surface area contributed by atoms with Gasteiger partial charge in [0, 0.05) is 6.54 Å². The first-order chi connectivity index (χ1) is 11.5. The molecule has 2 atom stereocenters. The van der Waals surface area contributed by atoms with Crippen molar-refractivity contribution >= 4 is 18.0 Å². The molecular formula is C17H22N2O5. The van der Waals surface area contributed by atoms with Crippen LogP contribution in [0.1, 0.15) is 31.7 Å². The number of carbonyl (C=O) groups excluding carboxylic acids is 2. The van der Waals surface area contributed by atoms with Gasteiger partial charge in [0.05, 0.1) is 0 Å². The van der Waals surface area contributed by atoms with Gasteiger partial charge < -0.3 is 20.1 Å². The van der Waals surface area contributed by atoms with Crippen LogP contribution in [0.2, 0.25) is 0 Å². The summed E-state index contributed by atoms with van der Waals surface area (Å²) in [4.78, 5) is 36.9. The largest absolute Gasteiger partial charge is 0.480 e. The molecular weight excluding hydrogens is 312 g/mol. The molecule has 0 spiro atoms. The van der Waals surface area contributed by atoms with Crippen molar-refractivity contribution < 1.29 is 24.2 Å². The zero-order valence-corrected chi connectivity index (χ0v) is 13.6. The third-order valence-electron chi connectivity index (χ3n) is 4.03. The monoisotopic (exact) mass is 334 g/mol. The van der Waals surface area contributed by atoms with Gasteiger partial charge in [0.1, 0.15) is 18.7 Å². The molecule has 1 aliphatic rings. The highest BCUT2D eigenvalue weighted by Gasteiger charge is 2.37. The lowest BCUT2D eigenvalue weighted by Crippen LogP contribution is -2.51. The van der Waals surface area contributed by atoms with Crippen molar-refractivity contribution in [1.82, 2.24) is 10.2 Å². The van der Waals surface area contributed by atoms with Gasteiger partial charge in [-0.05, 0) is 24.8 Å². The molecule has 24 heavy (non-hydrogen) atoms. The van der Waals surface area contributed by atoms with Gasteiger partial charge in [-0.1, -0.05) is 37.3 Å². The minimum absolute atomic E-state index is 0.110. The molecule has 7 heteroatoms. The smallest absolute Gasteiger partial charge is 0.408 e. The average molecular weight is 334 g/mol. The highest BCUT2D eigenvalue weighted by molar-refractivity contribution is 5.89. The summed E-state index contributed by atoms with van der Waals surface area (Å²) < 4.78 is 5.11. The van der Waals surface area contributed by atoms with Crippen molar-refractivity contribution in [2.75, 3.05) is 6.54 Å². The number of amides is 2. The third-order valence-corrected chi connectivity index (χ3v) is 4.03. The lowest BCUT2D eigenvalue weighted by molar-refractivity contribution is -0.149. The zero-order valence-electron chi connectivity index (χ0n) is 13.6. The molecule has 2 rings (SSSR count). The fourth-order valence-corrected chi connectivity index (χ4v) is 2.73. The van der Waals surface area contributed by atoms with Gasteiger partial charge in [0.2, 0.25) is 5.91 Å². The van der Waals surface area contributed by atoms with Crippen molar-refractivity contribution in [2.24, 2.45) is 0 Å². The first-order valence-corrected chi connectivity index (χ1v) is 8.03. The maximum absolute atomic E-state index is 12.5. The summed E-state index contributed by atoms with van der Waals surface area (Å²) in [5.74, 6) is -1.39. The normalized spacial score (nSPS) is 18.0. The van der Waals surface area contributed by atoms with Crippen molar-refractivity contribution in [3.63, 3.8) is 0 Å². The fraction of sp³-hybridized carbons (Fsp3) is 0.471. The second-order valence-electron chi connectivity index (χ2n) is 5.69. The highest BCUT2D eigenvalue weighted by Crippen LogP contribution is 2.19. The van der Waals surface area contributed by atoms with E-state index in [4.69, 9.17) is 4.74 Å². The van der Waals surface area contributed by atoms with Crippen LogP contribution in [0.15, 0.2) is 30.3 Å². The quantitative estimate of drug-likeness (QED) is 0.826. The number of aliphatic carboxylic acids is 1. The van der Waals surface area contributed by atoms with Gasteiger partial charge in [-0.25, -0.2) is 9.59 Å². The SMILES string of the molecule is CC[C@H](NC(=O)OCc1ccccc1)C(=O)N1CCC[C@H]1C(=O)O.